The van der Waals surface area contributed by atoms with E-state index < -0.39 is 5.63 Å². The van der Waals surface area contributed by atoms with Crippen molar-refractivity contribution >= 4 is 27.7 Å². The maximum atomic E-state index is 12.4. The molecule has 25 heavy (non-hydrogen) atoms. The van der Waals surface area contributed by atoms with Crippen LogP contribution in [0.4, 0.5) is 5.69 Å². The molecule has 0 saturated heterocycles. The molecule has 0 spiro atoms. The van der Waals surface area contributed by atoms with Crippen LogP contribution in [0, 0.1) is 0 Å². The van der Waals surface area contributed by atoms with Gasteiger partial charge in [-0.15, -0.1) is 15.0 Å². The number of rotatable bonds is 4. The molecule has 0 aliphatic heterocycles. The van der Waals surface area contributed by atoms with E-state index in [4.69, 9.17) is 4.42 Å². The van der Waals surface area contributed by atoms with E-state index in [0.29, 0.717) is 11.3 Å². The third-order valence-electron chi connectivity index (χ3n) is 4.33. The van der Waals surface area contributed by atoms with Gasteiger partial charge in [0.05, 0.1) is 0 Å². The van der Waals surface area contributed by atoms with E-state index in [9.17, 15) is 4.79 Å². The Bertz CT molecular complexity index is 1080. The number of fused-ring (bicyclic) bond motifs is 2. The Morgan fingerprint density at radius 3 is 2.32 bits per heavy atom. The third-order valence-corrected chi connectivity index (χ3v) is 4.33. The molecule has 2 aromatic carbocycles. The fourth-order valence-corrected chi connectivity index (χ4v) is 2.98. The first-order valence-corrected chi connectivity index (χ1v) is 8.35. The van der Waals surface area contributed by atoms with Gasteiger partial charge in [0.2, 0.25) is 0 Å². The zero-order chi connectivity index (χ0) is 17.4. The molecule has 6 heteroatoms. The van der Waals surface area contributed by atoms with Crippen molar-refractivity contribution in [1.29, 1.82) is 0 Å². The predicted molar refractivity (Wildman–Crippen MR) is 98.5 cm³/mol. The lowest BCUT2D eigenvalue weighted by molar-refractivity contribution is 0.546. The van der Waals surface area contributed by atoms with Crippen LogP contribution in [0.5, 0.6) is 0 Å². The maximum absolute atomic E-state index is 12.4. The quantitative estimate of drug-likeness (QED) is 0.535. The Morgan fingerprint density at radius 2 is 1.68 bits per heavy atom. The molecule has 4 aromatic rings. The molecular weight excluding hydrogens is 316 g/mol. The van der Waals surface area contributed by atoms with E-state index in [1.165, 1.54) is 4.80 Å². The van der Waals surface area contributed by atoms with E-state index in [1.807, 2.05) is 42.5 Å². The third kappa shape index (κ3) is 2.65. The van der Waals surface area contributed by atoms with Crippen molar-refractivity contribution in [1.82, 2.24) is 15.0 Å². The summed E-state index contributed by atoms with van der Waals surface area (Å²) in [6.45, 7) is 5.99. The summed E-state index contributed by atoms with van der Waals surface area (Å²) in [5.41, 5.74) is 2.92. The molecule has 0 fully saturated rings. The van der Waals surface area contributed by atoms with Gasteiger partial charge < -0.3 is 9.32 Å². The van der Waals surface area contributed by atoms with Gasteiger partial charge in [-0.3, -0.25) is 0 Å². The normalized spacial score (nSPS) is 11.3. The fourth-order valence-electron chi connectivity index (χ4n) is 2.98. The lowest BCUT2D eigenvalue weighted by Gasteiger charge is -2.20. The van der Waals surface area contributed by atoms with Gasteiger partial charge in [0.1, 0.15) is 16.6 Å². The minimum absolute atomic E-state index is 0.305. The minimum atomic E-state index is -0.454. The summed E-state index contributed by atoms with van der Waals surface area (Å²) in [6, 6.07) is 15.2. The lowest BCUT2D eigenvalue weighted by Crippen LogP contribution is -2.21. The Balaban J connectivity index is 1.84. The Morgan fingerprint density at radius 1 is 1.00 bits per heavy atom. The highest BCUT2D eigenvalue weighted by Crippen LogP contribution is 2.22. The largest absolute Gasteiger partial charge is 0.421 e. The summed E-state index contributed by atoms with van der Waals surface area (Å²) in [5.74, 6) is 0. The summed E-state index contributed by atoms with van der Waals surface area (Å²) in [7, 11) is 0. The Labute approximate surface area is 144 Å². The molecule has 0 aliphatic rings. The molecule has 4 rings (SSSR count). The van der Waals surface area contributed by atoms with Crippen LogP contribution >= 0.6 is 0 Å². The van der Waals surface area contributed by atoms with Crippen molar-refractivity contribution in [2.24, 2.45) is 0 Å². The highest BCUT2D eigenvalue weighted by Gasteiger charge is 2.12. The molecule has 126 valence electrons. The number of aromatic nitrogens is 3. The van der Waals surface area contributed by atoms with Crippen molar-refractivity contribution in [3.8, 4) is 5.69 Å². The summed E-state index contributed by atoms with van der Waals surface area (Å²) in [5, 5.41) is 9.56. The Hall–Kier alpha value is -3.15. The van der Waals surface area contributed by atoms with E-state index in [2.05, 4.69) is 28.9 Å². The number of benzene rings is 2. The van der Waals surface area contributed by atoms with Crippen LogP contribution in [-0.2, 0) is 0 Å². The first-order valence-electron chi connectivity index (χ1n) is 8.35. The molecule has 0 bridgehead atoms. The second-order valence-electron chi connectivity index (χ2n) is 5.79. The topological polar surface area (TPSA) is 64.2 Å². The van der Waals surface area contributed by atoms with E-state index in [0.717, 1.165) is 35.2 Å². The lowest BCUT2D eigenvalue weighted by atomic mass is 10.2. The fraction of sp³-hybridized carbons (Fsp3) is 0.211. The second kappa shape index (κ2) is 6.05. The molecule has 0 N–H and O–H groups in total. The molecule has 0 atom stereocenters. The summed E-state index contributed by atoms with van der Waals surface area (Å²) < 4.78 is 5.54. The van der Waals surface area contributed by atoms with Crippen molar-refractivity contribution in [3.63, 3.8) is 0 Å². The maximum Gasteiger partial charge on any atom is 0.364 e. The molecule has 0 aliphatic carbocycles. The molecule has 0 unspecified atom stereocenters. The Kier molecular flexibility index (Phi) is 3.72. The number of nitrogens with zero attached hydrogens (tertiary/aromatic N) is 4. The van der Waals surface area contributed by atoms with Crippen LogP contribution in [0.25, 0.3) is 27.7 Å². The molecule has 0 saturated carbocycles. The smallest absolute Gasteiger partial charge is 0.364 e. The zero-order valence-corrected chi connectivity index (χ0v) is 14.1. The van der Waals surface area contributed by atoms with Crippen molar-refractivity contribution in [2.45, 2.75) is 13.8 Å². The standard InChI is InChI=1S/C19H18N4O2/c1-3-22(4-2)14-10-9-13-11-17(19(24)25-18(13)12-14)23-20-15-7-5-6-8-16(15)21-23/h5-12H,3-4H2,1-2H3. The SMILES string of the molecule is CCN(CC)c1ccc2cc(-n3nc4ccccc4n3)c(=O)oc2c1. The van der Waals surface area contributed by atoms with E-state index in [-0.39, 0.29) is 0 Å². The van der Waals surface area contributed by atoms with Gasteiger partial charge in [0.15, 0.2) is 5.69 Å². The average molecular weight is 334 g/mol. The molecule has 2 heterocycles. The zero-order valence-electron chi connectivity index (χ0n) is 14.1. The first-order chi connectivity index (χ1) is 12.2. The monoisotopic (exact) mass is 334 g/mol. The molecule has 0 radical (unpaired) electrons. The average Bonchev–Trinajstić information content (AvgIpc) is 3.06. The van der Waals surface area contributed by atoms with Gasteiger partial charge in [-0.05, 0) is 44.2 Å². The minimum Gasteiger partial charge on any atom is -0.421 e. The van der Waals surface area contributed by atoms with Gasteiger partial charge in [-0.25, -0.2) is 4.79 Å². The van der Waals surface area contributed by atoms with Crippen LogP contribution in [0.15, 0.2) is 57.7 Å². The van der Waals surface area contributed by atoms with Gasteiger partial charge in [0.25, 0.3) is 0 Å². The molecule has 0 amide bonds. The summed E-state index contributed by atoms with van der Waals surface area (Å²) in [4.78, 5) is 16.0. The highest BCUT2D eigenvalue weighted by molar-refractivity contribution is 5.82. The second-order valence-corrected chi connectivity index (χ2v) is 5.79. The van der Waals surface area contributed by atoms with Crippen molar-refractivity contribution < 1.29 is 4.42 Å². The predicted octanol–water partition coefficient (Wildman–Crippen LogP) is 3.37. The van der Waals surface area contributed by atoms with Gasteiger partial charge >= 0.3 is 5.63 Å². The van der Waals surface area contributed by atoms with Gasteiger partial charge in [0, 0.05) is 30.2 Å². The van der Waals surface area contributed by atoms with Crippen LogP contribution < -0.4 is 10.5 Å². The van der Waals surface area contributed by atoms with Crippen LogP contribution in [0.1, 0.15) is 13.8 Å². The van der Waals surface area contributed by atoms with Crippen molar-refractivity contribution in [3.05, 3.63) is 59.0 Å². The van der Waals surface area contributed by atoms with Crippen LogP contribution in [-0.4, -0.2) is 28.1 Å². The van der Waals surface area contributed by atoms with Crippen LogP contribution in [0.3, 0.4) is 0 Å². The first kappa shape index (κ1) is 15.4. The number of hydrogen-bond acceptors (Lipinski definition) is 5. The molecule has 6 nitrogen and oxygen atoms in total. The summed E-state index contributed by atoms with van der Waals surface area (Å²) >= 11 is 0. The van der Waals surface area contributed by atoms with E-state index >= 15 is 0 Å². The summed E-state index contributed by atoms with van der Waals surface area (Å²) in [6.07, 6.45) is 0. The molecule has 2 aromatic heterocycles. The molecular formula is C19H18N4O2. The van der Waals surface area contributed by atoms with Crippen LogP contribution in [0.2, 0.25) is 0 Å². The number of hydrogen-bond donors (Lipinski definition) is 0. The van der Waals surface area contributed by atoms with E-state index in [1.54, 1.807) is 6.07 Å². The number of anilines is 1. The van der Waals surface area contributed by atoms with Gasteiger partial charge in [-0.1, -0.05) is 12.1 Å². The van der Waals surface area contributed by atoms with Crippen molar-refractivity contribution in [2.75, 3.05) is 18.0 Å². The highest BCUT2D eigenvalue weighted by atomic mass is 16.4. The van der Waals surface area contributed by atoms with Gasteiger partial charge in [-0.2, -0.15) is 0 Å².